The van der Waals surface area contributed by atoms with Crippen LogP contribution in [-0.4, -0.2) is 48.8 Å². The van der Waals surface area contributed by atoms with Gasteiger partial charge in [-0.1, -0.05) is 0 Å². The number of methoxy groups -OCH3 is 1. The number of carbonyl (C=O) groups excluding carboxylic acids is 1. The number of benzene rings is 1. The Bertz CT molecular complexity index is 551. The second-order valence-electron chi connectivity index (χ2n) is 4.46. The van der Waals surface area contributed by atoms with Gasteiger partial charge in [0.25, 0.3) is 0 Å². The Hall–Kier alpha value is -2.22. The van der Waals surface area contributed by atoms with Crippen LogP contribution in [0.4, 0.5) is 19.3 Å². The van der Waals surface area contributed by atoms with Gasteiger partial charge in [0, 0.05) is 20.2 Å². The third-order valence-corrected chi connectivity index (χ3v) is 2.92. The number of aromatic carboxylic acids is 1. The molecule has 0 fully saturated rings. The predicted molar refractivity (Wildman–Crippen MR) is 71.4 cm³/mol. The molecule has 0 aromatic heterocycles. The van der Waals surface area contributed by atoms with E-state index < -0.39 is 34.9 Å². The van der Waals surface area contributed by atoms with E-state index in [0.29, 0.717) is 6.07 Å². The van der Waals surface area contributed by atoms with Gasteiger partial charge >= 0.3 is 12.0 Å². The van der Waals surface area contributed by atoms with E-state index >= 15 is 0 Å². The summed E-state index contributed by atoms with van der Waals surface area (Å²) in [7, 11) is 2.94. The van der Waals surface area contributed by atoms with E-state index in [1.165, 1.54) is 19.1 Å². The molecular weight excluding hydrogens is 286 g/mol. The van der Waals surface area contributed by atoms with Gasteiger partial charge in [0.2, 0.25) is 0 Å². The molecule has 0 saturated carbocycles. The number of rotatable bonds is 5. The summed E-state index contributed by atoms with van der Waals surface area (Å²) in [6, 6.07) is 0.205. The minimum atomic E-state index is -1.55. The monoisotopic (exact) mass is 302 g/mol. The number of anilines is 1. The van der Waals surface area contributed by atoms with Gasteiger partial charge in [-0.05, 0) is 13.0 Å². The van der Waals surface area contributed by atoms with Gasteiger partial charge in [0.1, 0.15) is 11.6 Å². The number of amides is 2. The lowest BCUT2D eigenvalue weighted by molar-refractivity contribution is 0.0691. The number of likely N-dealkylation sites (N-methyl/N-ethyl adjacent to an activating group) is 1. The number of carboxylic acid groups (broad SMARTS) is 1. The van der Waals surface area contributed by atoms with Crippen LogP contribution in [0.3, 0.4) is 0 Å². The van der Waals surface area contributed by atoms with Crippen LogP contribution < -0.4 is 5.32 Å². The minimum absolute atomic E-state index is 0.274. The van der Waals surface area contributed by atoms with E-state index in [-0.39, 0.29) is 12.6 Å². The maximum atomic E-state index is 13.6. The number of carbonyl (C=O) groups is 2. The topological polar surface area (TPSA) is 78.9 Å². The first kappa shape index (κ1) is 16.8. The van der Waals surface area contributed by atoms with Crippen molar-refractivity contribution in [2.75, 3.05) is 26.1 Å². The summed E-state index contributed by atoms with van der Waals surface area (Å²) in [5.41, 5.74) is -1.13. The smallest absolute Gasteiger partial charge is 0.338 e. The SMILES string of the molecule is COCC(C)N(C)C(=O)Nc1cc(C(=O)O)c(F)cc1F. The molecule has 1 aromatic rings. The average Bonchev–Trinajstić information content (AvgIpc) is 2.40. The van der Waals surface area contributed by atoms with Crippen molar-refractivity contribution in [3.8, 4) is 0 Å². The Balaban J connectivity index is 2.95. The second-order valence-corrected chi connectivity index (χ2v) is 4.46. The van der Waals surface area contributed by atoms with E-state index in [2.05, 4.69) is 5.32 Å². The van der Waals surface area contributed by atoms with Crippen molar-refractivity contribution >= 4 is 17.7 Å². The number of nitrogens with one attached hydrogen (secondary N) is 1. The van der Waals surface area contributed by atoms with Crippen LogP contribution in [-0.2, 0) is 4.74 Å². The Kier molecular flexibility index (Phi) is 5.60. The van der Waals surface area contributed by atoms with Crippen molar-refractivity contribution in [1.82, 2.24) is 4.90 Å². The van der Waals surface area contributed by atoms with Crippen molar-refractivity contribution in [1.29, 1.82) is 0 Å². The lowest BCUT2D eigenvalue weighted by Gasteiger charge is -2.24. The molecule has 0 heterocycles. The molecule has 1 aromatic carbocycles. The third-order valence-electron chi connectivity index (χ3n) is 2.92. The van der Waals surface area contributed by atoms with E-state index in [4.69, 9.17) is 9.84 Å². The lowest BCUT2D eigenvalue weighted by atomic mass is 10.2. The molecule has 2 N–H and O–H groups in total. The van der Waals surface area contributed by atoms with Gasteiger partial charge in [-0.2, -0.15) is 0 Å². The Labute approximate surface area is 120 Å². The van der Waals surface area contributed by atoms with Crippen LogP contribution in [0.25, 0.3) is 0 Å². The first-order valence-corrected chi connectivity index (χ1v) is 6.03. The Morgan fingerprint density at radius 1 is 1.38 bits per heavy atom. The predicted octanol–water partition coefficient (Wildman–Crippen LogP) is 2.16. The first-order chi connectivity index (χ1) is 9.77. The first-order valence-electron chi connectivity index (χ1n) is 6.03. The van der Waals surface area contributed by atoms with Crippen molar-refractivity contribution in [3.05, 3.63) is 29.3 Å². The highest BCUT2D eigenvalue weighted by molar-refractivity contribution is 5.93. The molecule has 0 bridgehead atoms. The molecule has 0 aliphatic rings. The van der Waals surface area contributed by atoms with Crippen LogP contribution >= 0.6 is 0 Å². The normalized spacial score (nSPS) is 11.9. The zero-order valence-corrected chi connectivity index (χ0v) is 11.8. The zero-order chi connectivity index (χ0) is 16.2. The molecule has 0 spiro atoms. The largest absolute Gasteiger partial charge is 0.478 e. The number of nitrogens with zero attached hydrogens (tertiary/aromatic N) is 1. The fourth-order valence-corrected chi connectivity index (χ4v) is 1.57. The van der Waals surface area contributed by atoms with E-state index in [9.17, 15) is 18.4 Å². The fourth-order valence-electron chi connectivity index (χ4n) is 1.57. The molecule has 1 rings (SSSR count). The van der Waals surface area contributed by atoms with E-state index in [0.717, 1.165) is 6.07 Å². The minimum Gasteiger partial charge on any atom is -0.478 e. The molecule has 116 valence electrons. The number of halogens is 2. The summed E-state index contributed by atoms with van der Waals surface area (Å²) in [5.74, 6) is -3.82. The molecule has 0 saturated heterocycles. The highest BCUT2D eigenvalue weighted by atomic mass is 19.1. The molecular formula is C13H16F2N2O4. The highest BCUT2D eigenvalue weighted by Gasteiger charge is 2.20. The van der Waals surface area contributed by atoms with Crippen LogP contribution in [0.15, 0.2) is 12.1 Å². The zero-order valence-electron chi connectivity index (χ0n) is 11.8. The molecule has 1 atom stereocenters. The third kappa shape index (κ3) is 4.12. The number of carboxylic acids is 1. The second kappa shape index (κ2) is 6.98. The summed E-state index contributed by atoms with van der Waals surface area (Å²) in [6.45, 7) is 1.99. The van der Waals surface area contributed by atoms with Gasteiger partial charge in [-0.3, -0.25) is 0 Å². The van der Waals surface area contributed by atoms with Crippen LogP contribution in [0.2, 0.25) is 0 Å². The molecule has 8 heteroatoms. The fraction of sp³-hybridized carbons (Fsp3) is 0.385. The van der Waals surface area contributed by atoms with E-state index in [1.54, 1.807) is 6.92 Å². The molecule has 2 amide bonds. The summed E-state index contributed by atoms with van der Waals surface area (Å²) in [6.07, 6.45) is 0. The van der Waals surface area contributed by atoms with Crippen LogP contribution in [0.5, 0.6) is 0 Å². The molecule has 0 radical (unpaired) electrons. The van der Waals surface area contributed by atoms with Crippen molar-refractivity contribution < 1.29 is 28.2 Å². The van der Waals surface area contributed by atoms with E-state index in [1.807, 2.05) is 0 Å². The molecule has 6 nitrogen and oxygen atoms in total. The summed E-state index contributed by atoms with van der Waals surface area (Å²) >= 11 is 0. The maximum absolute atomic E-state index is 13.6. The van der Waals surface area contributed by atoms with Crippen molar-refractivity contribution in [2.45, 2.75) is 13.0 Å². The van der Waals surface area contributed by atoms with Gasteiger partial charge in [-0.15, -0.1) is 0 Å². The molecule has 1 unspecified atom stereocenters. The maximum Gasteiger partial charge on any atom is 0.338 e. The average molecular weight is 302 g/mol. The van der Waals surface area contributed by atoms with Gasteiger partial charge in [0.15, 0.2) is 0 Å². The quantitative estimate of drug-likeness (QED) is 0.873. The Morgan fingerprint density at radius 2 is 2.00 bits per heavy atom. The number of hydrogen-bond acceptors (Lipinski definition) is 3. The summed E-state index contributed by atoms with van der Waals surface area (Å²) in [4.78, 5) is 24.0. The van der Waals surface area contributed by atoms with Gasteiger partial charge < -0.3 is 20.1 Å². The molecule has 0 aliphatic carbocycles. The summed E-state index contributed by atoms with van der Waals surface area (Å²) < 4.78 is 31.7. The van der Waals surface area contributed by atoms with Crippen LogP contribution in [0, 0.1) is 11.6 Å². The Morgan fingerprint density at radius 3 is 2.52 bits per heavy atom. The number of urea groups is 1. The number of ether oxygens (including phenoxy) is 1. The van der Waals surface area contributed by atoms with Crippen LogP contribution in [0.1, 0.15) is 17.3 Å². The standard InChI is InChI=1S/C13H16F2N2O4/c1-7(6-21-3)17(2)13(20)16-11-4-8(12(18)19)9(14)5-10(11)15/h4-5,7H,6H2,1-3H3,(H,16,20)(H,18,19). The lowest BCUT2D eigenvalue weighted by Crippen LogP contribution is -2.40. The molecule has 21 heavy (non-hydrogen) atoms. The molecule has 0 aliphatic heterocycles. The van der Waals surface area contributed by atoms with Gasteiger partial charge in [0.05, 0.1) is 23.9 Å². The number of hydrogen-bond donors (Lipinski definition) is 2. The summed E-state index contributed by atoms with van der Waals surface area (Å²) in [5, 5.41) is 11.0. The highest BCUT2D eigenvalue weighted by Crippen LogP contribution is 2.20. The van der Waals surface area contributed by atoms with Crippen molar-refractivity contribution in [3.63, 3.8) is 0 Å². The van der Waals surface area contributed by atoms with Gasteiger partial charge in [-0.25, -0.2) is 18.4 Å². The van der Waals surface area contributed by atoms with Crippen molar-refractivity contribution in [2.24, 2.45) is 0 Å².